The van der Waals surface area contributed by atoms with Gasteiger partial charge in [-0.15, -0.1) is 0 Å². The molecule has 0 spiro atoms. The van der Waals surface area contributed by atoms with E-state index < -0.39 is 41.2 Å². The fraction of sp³-hybridized carbons (Fsp3) is 0.0588. The first kappa shape index (κ1) is 15.7. The highest BCUT2D eigenvalue weighted by Crippen LogP contribution is 2.28. The van der Waals surface area contributed by atoms with Gasteiger partial charge in [0, 0.05) is 5.56 Å². The Kier molecular flexibility index (Phi) is 3.99. The number of carbonyl (C=O) groups is 2. The second-order valence-electron chi connectivity index (χ2n) is 4.94. The van der Waals surface area contributed by atoms with Crippen molar-refractivity contribution in [2.45, 2.75) is 6.29 Å². The summed E-state index contributed by atoms with van der Waals surface area (Å²) >= 11 is 0. The molecule has 0 aromatic heterocycles. The van der Waals surface area contributed by atoms with Gasteiger partial charge in [-0.25, -0.2) is 18.4 Å². The molecular formula is C17H10F2O5. The van der Waals surface area contributed by atoms with Crippen LogP contribution in [0.4, 0.5) is 8.78 Å². The molecule has 3 rings (SSSR count). The van der Waals surface area contributed by atoms with Crippen molar-refractivity contribution in [1.29, 1.82) is 0 Å². The zero-order valence-corrected chi connectivity index (χ0v) is 12.0. The molecule has 122 valence electrons. The maximum absolute atomic E-state index is 13.3. The maximum atomic E-state index is 13.3. The van der Waals surface area contributed by atoms with Crippen molar-refractivity contribution in [3.63, 3.8) is 0 Å². The average Bonchev–Trinajstić information content (AvgIpc) is 2.56. The van der Waals surface area contributed by atoms with Crippen molar-refractivity contribution in [2.75, 3.05) is 0 Å². The molecule has 0 aliphatic carbocycles. The fourth-order valence-electron chi connectivity index (χ4n) is 2.13. The smallest absolute Gasteiger partial charge is 0.348 e. The molecule has 5 nitrogen and oxygen atoms in total. The summed E-state index contributed by atoms with van der Waals surface area (Å²) in [4.78, 5) is 24.0. The Balaban J connectivity index is 1.88. The summed E-state index contributed by atoms with van der Waals surface area (Å²) in [6.07, 6.45) is -0.256. The van der Waals surface area contributed by atoms with E-state index >= 15 is 0 Å². The Labute approximate surface area is 134 Å². The minimum atomic E-state index is -1.22. The predicted molar refractivity (Wildman–Crippen MR) is 77.4 cm³/mol. The predicted octanol–water partition coefficient (Wildman–Crippen LogP) is 2.85. The third kappa shape index (κ3) is 2.96. The van der Waals surface area contributed by atoms with Gasteiger partial charge in [-0.05, 0) is 23.8 Å². The van der Waals surface area contributed by atoms with Crippen molar-refractivity contribution in [1.82, 2.24) is 0 Å². The van der Waals surface area contributed by atoms with Crippen molar-refractivity contribution in [2.24, 2.45) is 0 Å². The zero-order valence-electron chi connectivity index (χ0n) is 12.0. The first-order valence-corrected chi connectivity index (χ1v) is 6.82. The Hall–Kier alpha value is -3.22. The second kappa shape index (κ2) is 6.11. The van der Waals surface area contributed by atoms with Crippen LogP contribution in [0.1, 0.15) is 17.4 Å². The fourth-order valence-corrected chi connectivity index (χ4v) is 2.13. The molecule has 1 aliphatic heterocycles. The highest BCUT2D eigenvalue weighted by atomic mass is 19.1. The first-order valence-electron chi connectivity index (χ1n) is 6.82. The zero-order chi connectivity index (χ0) is 17.3. The summed E-state index contributed by atoms with van der Waals surface area (Å²) in [5, 5.41) is 9.05. The molecule has 7 heteroatoms. The minimum Gasteiger partial charge on any atom is -0.503 e. The molecule has 1 saturated heterocycles. The third-order valence-corrected chi connectivity index (χ3v) is 3.29. The number of halogens is 2. The summed E-state index contributed by atoms with van der Waals surface area (Å²) in [5.74, 6) is -5.54. The molecule has 0 atom stereocenters. The van der Waals surface area contributed by atoms with Crippen LogP contribution in [0.25, 0.3) is 6.08 Å². The summed E-state index contributed by atoms with van der Waals surface area (Å²) in [7, 11) is 0. The Morgan fingerprint density at radius 3 is 2.04 bits per heavy atom. The first-order chi connectivity index (χ1) is 11.5. The van der Waals surface area contributed by atoms with Gasteiger partial charge in [0.05, 0.1) is 0 Å². The molecule has 0 bridgehead atoms. The van der Waals surface area contributed by atoms with Crippen LogP contribution in [0.5, 0.6) is 5.75 Å². The quantitative estimate of drug-likeness (QED) is 0.520. The highest BCUT2D eigenvalue weighted by molar-refractivity contribution is 6.18. The largest absolute Gasteiger partial charge is 0.503 e. The van der Waals surface area contributed by atoms with Gasteiger partial charge in [0.25, 0.3) is 6.29 Å². The third-order valence-electron chi connectivity index (χ3n) is 3.29. The molecule has 2 aromatic carbocycles. The molecule has 2 aromatic rings. The van der Waals surface area contributed by atoms with Crippen molar-refractivity contribution in [3.8, 4) is 5.75 Å². The number of hydrogen-bond acceptors (Lipinski definition) is 5. The van der Waals surface area contributed by atoms with Gasteiger partial charge in [-0.2, -0.15) is 0 Å². The van der Waals surface area contributed by atoms with Gasteiger partial charge >= 0.3 is 11.9 Å². The highest BCUT2D eigenvalue weighted by Gasteiger charge is 2.34. The number of carbonyl (C=O) groups excluding carboxylic acids is 2. The summed E-state index contributed by atoms with van der Waals surface area (Å²) in [6, 6.07) is 9.89. The summed E-state index contributed by atoms with van der Waals surface area (Å²) in [6.45, 7) is 0. The summed E-state index contributed by atoms with van der Waals surface area (Å²) < 4.78 is 36.7. The lowest BCUT2D eigenvalue weighted by Crippen LogP contribution is -2.29. The molecule has 1 heterocycles. The number of phenolic OH excluding ortho intramolecular Hbond substituents is 1. The van der Waals surface area contributed by atoms with Crippen molar-refractivity contribution >= 4 is 18.0 Å². The summed E-state index contributed by atoms with van der Waals surface area (Å²) in [5.41, 5.74) is -0.170. The number of benzene rings is 2. The molecule has 0 radical (unpaired) electrons. The van der Waals surface area contributed by atoms with Crippen molar-refractivity contribution < 1.29 is 33.0 Å². The normalized spacial score (nSPS) is 17.2. The maximum Gasteiger partial charge on any atom is 0.348 e. The molecule has 1 aliphatic rings. The lowest BCUT2D eigenvalue weighted by atomic mass is 10.1. The number of rotatable bonds is 2. The number of phenols is 1. The van der Waals surface area contributed by atoms with Gasteiger partial charge < -0.3 is 14.6 Å². The number of cyclic esters (lactones) is 2. The van der Waals surface area contributed by atoms with E-state index in [1.807, 2.05) is 0 Å². The molecular weight excluding hydrogens is 322 g/mol. The Morgan fingerprint density at radius 1 is 0.958 bits per heavy atom. The van der Waals surface area contributed by atoms with E-state index in [0.717, 1.165) is 18.2 Å². The number of hydrogen-bond donors (Lipinski definition) is 1. The molecule has 0 saturated carbocycles. The van der Waals surface area contributed by atoms with Crippen LogP contribution in [-0.4, -0.2) is 17.0 Å². The lowest BCUT2D eigenvalue weighted by Gasteiger charge is -2.23. The van der Waals surface area contributed by atoms with Crippen LogP contribution in [-0.2, 0) is 19.1 Å². The van der Waals surface area contributed by atoms with Gasteiger partial charge in [-0.1, -0.05) is 30.3 Å². The van der Waals surface area contributed by atoms with E-state index in [0.29, 0.717) is 5.56 Å². The minimum absolute atomic E-state index is 0.134. The average molecular weight is 332 g/mol. The van der Waals surface area contributed by atoms with Crippen LogP contribution in [0.3, 0.4) is 0 Å². The second-order valence-corrected chi connectivity index (χ2v) is 4.94. The van der Waals surface area contributed by atoms with Crippen LogP contribution in [0.15, 0.2) is 48.0 Å². The van der Waals surface area contributed by atoms with E-state index in [4.69, 9.17) is 14.6 Å². The molecule has 0 unspecified atom stereocenters. The van der Waals surface area contributed by atoms with Crippen LogP contribution >= 0.6 is 0 Å². The standard InChI is InChI=1S/C17H10F2O5/c18-12-7-9(8-13(19)14(12)20)6-11-15(21)23-17(24-16(11)22)10-4-2-1-3-5-10/h1-8,17,20H. The molecule has 1 N–H and O–H groups in total. The number of aromatic hydroxyl groups is 1. The number of ether oxygens (including phenoxy) is 2. The topological polar surface area (TPSA) is 72.8 Å². The van der Waals surface area contributed by atoms with Crippen LogP contribution < -0.4 is 0 Å². The Bertz CT molecular complexity index is 802. The molecule has 1 fully saturated rings. The monoisotopic (exact) mass is 332 g/mol. The van der Waals surface area contributed by atoms with Gasteiger partial charge in [0.1, 0.15) is 5.57 Å². The van der Waals surface area contributed by atoms with Crippen molar-refractivity contribution in [3.05, 3.63) is 70.8 Å². The van der Waals surface area contributed by atoms with E-state index in [1.165, 1.54) is 0 Å². The van der Waals surface area contributed by atoms with Gasteiger partial charge in [0.2, 0.25) is 0 Å². The van der Waals surface area contributed by atoms with E-state index in [9.17, 15) is 18.4 Å². The SMILES string of the molecule is O=C1OC(c2ccccc2)OC(=O)C1=Cc1cc(F)c(O)c(F)c1. The van der Waals surface area contributed by atoms with Crippen LogP contribution in [0.2, 0.25) is 0 Å². The van der Waals surface area contributed by atoms with Gasteiger partial charge in [0.15, 0.2) is 17.4 Å². The van der Waals surface area contributed by atoms with E-state index in [2.05, 4.69) is 0 Å². The number of esters is 2. The Morgan fingerprint density at radius 2 is 1.50 bits per heavy atom. The lowest BCUT2D eigenvalue weighted by molar-refractivity contribution is -0.195. The molecule has 0 amide bonds. The van der Waals surface area contributed by atoms with E-state index in [-0.39, 0.29) is 5.56 Å². The van der Waals surface area contributed by atoms with E-state index in [1.54, 1.807) is 30.3 Å². The van der Waals surface area contributed by atoms with Crippen LogP contribution in [0, 0.1) is 11.6 Å². The van der Waals surface area contributed by atoms with Gasteiger partial charge in [-0.3, -0.25) is 0 Å². The molecule has 24 heavy (non-hydrogen) atoms.